The summed E-state index contributed by atoms with van der Waals surface area (Å²) in [5.41, 5.74) is 4.07. The van der Waals surface area contributed by atoms with Crippen LogP contribution < -0.4 is 14.2 Å². The Kier molecular flexibility index (Phi) is 7.33. The lowest BCUT2D eigenvalue weighted by molar-refractivity contribution is -0.139. The second-order valence-electron chi connectivity index (χ2n) is 7.69. The van der Waals surface area contributed by atoms with Crippen LogP contribution in [0.2, 0.25) is 0 Å². The lowest BCUT2D eigenvalue weighted by Gasteiger charge is -2.12. The summed E-state index contributed by atoms with van der Waals surface area (Å²) in [7, 11) is 4.55. The van der Waals surface area contributed by atoms with Gasteiger partial charge in [0, 0.05) is 22.9 Å². The van der Waals surface area contributed by atoms with E-state index in [1.807, 2.05) is 48.9 Å². The van der Waals surface area contributed by atoms with Crippen LogP contribution in [0.3, 0.4) is 0 Å². The number of ether oxygens (including phenoxy) is 4. The van der Waals surface area contributed by atoms with E-state index in [0.717, 1.165) is 22.6 Å². The normalized spacial score (nSPS) is 11.0. The number of methoxy groups -OCH3 is 3. The molecule has 2 aromatic heterocycles. The largest absolute Gasteiger partial charge is 0.493 e. The van der Waals surface area contributed by atoms with Gasteiger partial charge in [-0.25, -0.2) is 9.48 Å². The fourth-order valence-electron chi connectivity index (χ4n) is 3.68. The van der Waals surface area contributed by atoms with Gasteiger partial charge in [0.05, 0.1) is 32.7 Å². The molecule has 0 atom stereocenters. The Morgan fingerprint density at radius 1 is 1.00 bits per heavy atom. The van der Waals surface area contributed by atoms with Gasteiger partial charge in [0.1, 0.15) is 0 Å². The number of para-hydroxylation sites is 1. The average molecular weight is 491 g/mol. The number of carbonyl (C=O) groups is 1. The van der Waals surface area contributed by atoms with Crippen molar-refractivity contribution in [3.8, 4) is 34.4 Å². The molecule has 2 heterocycles. The van der Waals surface area contributed by atoms with Crippen molar-refractivity contribution in [3.63, 3.8) is 0 Å². The number of rotatable bonds is 9. The second kappa shape index (κ2) is 10.8. The van der Waals surface area contributed by atoms with Crippen molar-refractivity contribution in [1.29, 1.82) is 0 Å². The fraction of sp³-hybridized carbons (Fsp3) is 0.231. The third-order valence-electron chi connectivity index (χ3n) is 5.45. The van der Waals surface area contributed by atoms with E-state index in [0.29, 0.717) is 22.8 Å². The van der Waals surface area contributed by atoms with Crippen molar-refractivity contribution in [3.05, 3.63) is 71.4 Å². The van der Waals surface area contributed by atoms with Crippen LogP contribution in [0.4, 0.5) is 0 Å². The van der Waals surface area contributed by atoms with Crippen LogP contribution in [0, 0.1) is 13.8 Å². The van der Waals surface area contributed by atoms with Gasteiger partial charge in [-0.15, -0.1) is 10.2 Å². The highest BCUT2D eigenvalue weighted by Crippen LogP contribution is 2.40. The van der Waals surface area contributed by atoms with Crippen LogP contribution in [0.15, 0.2) is 53.0 Å². The van der Waals surface area contributed by atoms with E-state index in [1.165, 1.54) is 27.4 Å². The average Bonchev–Trinajstić information content (AvgIpc) is 3.49. The monoisotopic (exact) mass is 490 g/mol. The third-order valence-corrected chi connectivity index (χ3v) is 5.45. The van der Waals surface area contributed by atoms with E-state index in [2.05, 4.69) is 15.3 Å². The molecule has 0 saturated carbocycles. The first-order chi connectivity index (χ1) is 17.4. The maximum absolute atomic E-state index is 12.3. The molecule has 0 radical (unpaired) electrons. The zero-order valence-electron chi connectivity index (χ0n) is 20.6. The Morgan fingerprint density at radius 3 is 2.33 bits per heavy atom. The zero-order chi connectivity index (χ0) is 25.7. The molecule has 0 saturated heterocycles. The van der Waals surface area contributed by atoms with Crippen LogP contribution in [0.5, 0.6) is 17.2 Å². The van der Waals surface area contributed by atoms with Crippen LogP contribution in [-0.2, 0) is 16.1 Å². The third kappa shape index (κ3) is 5.07. The first kappa shape index (κ1) is 24.5. The van der Waals surface area contributed by atoms with Gasteiger partial charge in [0.25, 0.3) is 5.89 Å². The molecule has 0 N–H and O–H groups in total. The van der Waals surface area contributed by atoms with Gasteiger partial charge >= 0.3 is 5.97 Å². The number of benzene rings is 2. The molecule has 4 aromatic rings. The number of aryl methyl sites for hydroxylation is 1. The molecule has 0 unspecified atom stereocenters. The summed E-state index contributed by atoms with van der Waals surface area (Å²) in [6, 6.07) is 13.2. The topological polar surface area (TPSA) is 111 Å². The van der Waals surface area contributed by atoms with Crippen LogP contribution >= 0.6 is 0 Å². The van der Waals surface area contributed by atoms with E-state index in [-0.39, 0.29) is 18.4 Å². The van der Waals surface area contributed by atoms with E-state index < -0.39 is 5.97 Å². The summed E-state index contributed by atoms with van der Waals surface area (Å²) < 4.78 is 28.8. The molecule has 10 nitrogen and oxygen atoms in total. The van der Waals surface area contributed by atoms with Gasteiger partial charge in [-0.05, 0) is 44.2 Å². The molecule has 0 aliphatic rings. The predicted molar refractivity (Wildman–Crippen MR) is 131 cm³/mol. The molecule has 10 heteroatoms. The van der Waals surface area contributed by atoms with E-state index in [1.54, 1.807) is 18.2 Å². The van der Waals surface area contributed by atoms with Gasteiger partial charge in [-0.2, -0.15) is 5.10 Å². The molecule has 186 valence electrons. The van der Waals surface area contributed by atoms with E-state index in [4.69, 9.17) is 23.4 Å². The highest BCUT2D eigenvalue weighted by Gasteiger charge is 2.18. The maximum Gasteiger partial charge on any atom is 0.331 e. The SMILES string of the molecule is COc1cc(-c2nnc(COC(=O)/C=C/c3c(C)nn(-c4ccccc4)c3C)o2)cc(OC)c1OC. The van der Waals surface area contributed by atoms with Gasteiger partial charge in [-0.1, -0.05) is 18.2 Å². The Bertz CT molecular complexity index is 1370. The van der Waals surface area contributed by atoms with Crippen molar-refractivity contribution in [2.75, 3.05) is 21.3 Å². The standard InChI is InChI=1S/C26H26N4O6/c1-16-20(17(2)30(29-16)19-9-7-6-8-10-19)11-12-24(31)35-15-23-27-28-26(36-23)18-13-21(32-3)25(34-5)22(14-18)33-4/h6-14H,15H2,1-5H3/b12-11+. The van der Waals surface area contributed by atoms with Gasteiger partial charge in [-0.3, -0.25) is 0 Å². The summed E-state index contributed by atoms with van der Waals surface area (Å²) in [4.78, 5) is 12.3. The Balaban J connectivity index is 1.43. The van der Waals surface area contributed by atoms with Gasteiger partial charge in [0.2, 0.25) is 11.6 Å². The summed E-state index contributed by atoms with van der Waals surface area (Å²) in [5.74, 6) is 1.16. The minimum Gasteiger partial charge on any atom is -0.493 e. The highest BCUT2D eigenvalue weighted by molar-refractivity contribution is 5.87. The number of carbonyl (C=O) groups excluding carboxylic acids is 1. The molecular weight excluding hydrogens is 464 g/mol. The molecular formula is C26H26N4O6. The van der Waals surface area contributed by atoms with Crippen LogP contribution in [0.25, 0.3) is 23.2 Å². The number of nitrogens with zero attached hydrogens (tertiary/aromatic N) is 4. The first-order valence-electron chi connectivity index (χ1n) is 11.0. The fourth-order valence-corrected chi connectivity index (χ4v) is 3.68. The summed E-state index contributed by atoms with van der Waals surface area (Å²) >= 11 is 0. The van der Waals surface area contributed by atoms with E-state index >= 15 is 0 Å². The lowest BCUT2D eigenvalue weighted by Crippen LogP contribution is -2.01. The maximum atomic E-state index is 12.3. The number of hydrogen-bond acceptors (Lipinski definition) is 9. The molecule has 0 aliphatic heterocycles. The predicted octanol–water partition coefficient (Wildman–Crippen LogP) is 4.32. The first-order valence-corrected chi connectivity index (χ1v) is 11.0. The van der Waals surface area contributed by atoms with Crippen molar-refractivity contribution in [1.82, 2.24) is 20.0 Å². The van der Waals surface area contributed by atoms with Gasteiger partial charge < -0.3 is 23.4 Å². The number of esters is 1. The highest BCUT2D eigenvalue weighted by atomic mass is 16.5. The molecule has 4 rings (SSSR count). The molecule has 0 spiro atoms. The Hall–Kier alpha value is -4.60. The minimum atomic E-state index is -0.547. The van der Waals surface area contributed by atoms with Crippen molar-refractivity contribution < 1.29 is 28.2 Å². The molecule has 2 aromatic carbocycles. The zero-order valence-corrected chi connectivity index (χ0v) is 20.6. The molecule has 0 amide bonds. The number of aromatic nitrogens is 4. The lowest BCUT2D eigenvalue weighted by atomic mass is 10.2. The molecule has 0 aliphatic carbocycles. The summed E-state index contributed by atoms with van der Waals surface area (Å²) in [6.07, 6.45) is 3.04. The number of hydrogen-bond donors (Lipinski definition) is 0. The summed E-state index contributed by atoms with van der Waals surface area (Å²) in [5, 5.41) is 12.6. The minimum absolute atomic E-state index is 0.143. The van der Waals surface area contributed by atoms with Gasteiger partial charge in [0.15, 0.2) is 18.1 Å². The smallest absolute Gasteiger partial charge is 0.331 e. The second-order valence-corrected chi connectivity index (χ2v) is 7.69. The van der Waals surface area contributed by atoms with Crippen molar-refractivity contribution in [2.24, 2.45) is 0 Å². The Morgan fingerprint density at radius 2 is 1.69 bits per heavy atom. The molecule has 0 fully saturated rings. The summed E-state index contributed by atoms with van der Waals surface area (Å²) in [6.45, 7) is 3.66. The van der Waals surface area contributed by atoms with Crippen LogP contribution in [-0.4, -0.2) is 47.3 Å². The van der Waals surface area contributed by atoms with Crippen molar-refractivity contribution >= 4 is 12.0 Å². The quantitative estimate of drug-likeness (QED) is 0.250. The Labute approximate surface area is 208 Å². The van der Waals surface area contributed by atoms with Crippen LogP contribution in [0.1, 0.15) is 22.8 Å². The molecule has 36 heavy (non-hydrogen) atoms. The molecule has 0 bridgehead atoms. The van der Waals surface area contributed by atoms with E-state index in [9.17, 15) is 4.79 Å². The van der Waals surface area contributed by atoms with Crippen molar-refractivity contribution in [2.45, 2.75) is 20.5 Å².